The van der Waals surface area contributed by atoms with Crippen LogP contribution in [-0.4, -0.2) is 23.7 Å². The highest BCUT2D eigenvalue weighted by Crippen LogP contribution is 2.14. The quantitative estimate of drug-likeness (QED) is 0.659. The molecule has 0 aliphatic rings. The van der Waals surface area contributed by atoms with Gasteiger partial charge in [0, 0.05) is 0 Å². The predicted molar refractivity (Wildman–Crippen MR) is 59.9 cm³/mol. The molecule has 0 amide bonds. The van der Waals surface area contributed by atoms with Gasteiger partial charge in [0.1, 0.15) is 12.4 Å². The number of carbonyl (C=O) groups excluding carboxylic acids is 1. The molecule has 1 aromatic rings. The van der Waals surface area contributed by atoms with E-state index in [0.717, 1.165) is 5.56 Å². The van der Waals surface area contributed by atoms with E-state index in [-0.39, 0.29) is 18.6 Å². The first-order valence-electron chi connectivity index (χ1n) is 4.49. The maximum atomic E-state index is 11.0. The Hall–Kier alpha value is -1.89. The maximum absolute atomic E-state index is 11.0. The van der Waals surface area contributed by atoms with Crippen LogP contribution in [0.5, 0.6) is 5.75 Å². The van der Waals surface area contributed by atoms with Crippen molar-refractivity contribution < 1.29 is 28.4 Å². The molecule has 17 heavy (non-hydrogen) atoms. The highest BCUT2D eigenvalue weighted by Gasteiger charge is 2.09. The van der Waals surface area contributed by atoms with Crippen LogP contribution in [0.3, 0.4) is 0 Å². The Balaban J connectivity index is 2.34. The van der Waals surface area contributed by atoms with Crippen LogP contribution in [0.25, 0.3) is 0 Å². The molecule has 0 saturated heterocycles. The van der Waals surface area contributed by atoms with Crippen LogP contribution in [0.4, 0.5) is 9.59 Å². The first-order chi connectivity index (χ1) is 8.11. The van der Waals surface area contributed by atoms with Crippen molar-refractivity contribution in [1.82, 2.24) is 0 Å². The molecule has 0 radical (unpaired) electrons. The Morgan fingerprint density at radius 1 is 1.29 bits per heavy atom. The molecule has 0 bridgehead atoms. The van der Waals surface area contributed by atoms with E-state index in [2.05, 4.69) is 4.18 Å². The number of carbonyl (C=O) groups is 2. The summed E-state index contributed by atoms with van der Waals surface area (Å²) in [6.45, 7) is 0.0405. The molecule has 0 aromatic heterocycles. The summed E-state index contributed by atoms with van der Waals surface area (Å²) in [6.07, 6.45) is -1.55. The summed E-state index contributed by atoms with van der Waals surface area (Å²) >= 11 is 0.126. The van der Waals surface area contributed by atoms with E-state index in [0.29, 0.717) is 5.75 Å². The van der Waals surface area contributed by atoms with Gasteiger partial charge in [0.05, 0.1) is 7.11 Å². The van der Waals surface area contributed by atoms with E-state index in [1.165, 1.54) is 0 Å². The lowest BCUT2D eigenvalue weighted by Gasteiger charge is -2.04. The number of rotatable bonds is 3. The Bertz CT molecular complexity index is 388. The normalized spacial score (nSPS) is 9.47. The maximum Gasteiger partial charge on any atom is 0.518 e. The highest BCUT2D eigenvalue weighted by molar-refractivity contribution is 8.09. The first kappa shape index (κ1) is 13.2. The van der Waals surface area contributed by atoms with Crippen molar-refractivity contribution in [3.05, 3.63) is 29.8 Å². The molecule has 7 heteroatoms. The van der Waals surface area contributed by atoms with Crippen LogP contribution in [0, 0.1) is 0 Å². The molecule has 0 aliphatic carbocycles. The number of carboxylic acid groups (broad SMARTS) is 1. The second-order valence-electron chi connectivity index (χ2n) is 2.82. The molecule has 1 N–H and O–H groups in total. The Morgan fingerprint density at radius 2 is 1.94 bits per heavy atom. The molecule has 0 aliphatic heterocycles. The van der Waals surface area contributed by atoms with Crippen molar-refractivity contribution in [1.29, 1.82) is 0 Å². The number of methoxy groups -OCH3 is 1. The van der Waals surface area contributed by atoms with Gasteiger partial charge < -0.3 is 18.8 Å². The van der Waals surface area contributed by atoms with E-state index in [1.807, 2.05) is 0 Å². The fraction of sp³-hybridized carbons (Fsp3) is 0.200. The van der Waals surface area contributed by atoms with Gasteiger partial charge in [-0.2, -0.15) is 0 Å². The van der Waals surface area contributed by atoms with E-state index in [9.17, 15) is 9.59 Å². The molecular weight excluding hydrogens is 248 g/mol. The van der Waals surface area contributed by atoms with Crippen LogP contribution in [0.15, 0.2) is 24.3 Å². The van der Waals surface area contributed by atoms with Gasteiger partial charge in [-0.05, 0) is 17.7 Å². The second kappa shape index (κ2) is 6.64. The van der Waals surface area contributed by atoms with Crippen molar-refractivity contribution in [2.45, 2.75) is 6.61 Å². The van der Waals surface area contributed by atoms with Crippen molar-refractivity contribution in [3.8, 4) is 5.75 Å². The fourth-order valence-electron chi connectivity index (χ4n) is 0.958. The third-order valence-electron chi connectivity index (χ3n) is 1.70. The van der Waals surface area contributed by atoms with Crippen molar-refractivity contribution in [3.63, 3.8) is 0 Å². The van der Waals surface area contributed by atoms with Crippen LogP contribution in [-0.2, 0) is 15.5 Å². The lowest BCUT2D eigenvalue weighted by molar-refractivity contribution is 0.147. The van der Waals surface area contributed by atoms with Crippen LogP contribution in [0.2, 0.25) is 0 Å². The molecule has 92 valence electrons. The number of hydrogen-bond donors (Lipinski definition) is 1. The molecule has 0 unspecified atom stereocenters. The van der Waals surface area contributed by atoms with Gasteiger partial charge in [-0.3, -0.25) is 0 Å². The van der Waals surface area contributed by atoms with Crippen LogP contribution >= 0.6 is 12.0 Å². The molecule has 0 spiro atoms. The lowest BCUT2D eigenvalue weighted by atomic mass is 10.2. The summed E-state index contributed by atoms with van der Waals surface area (Å²) in [5.41, 5.74) is 0.759. The molecule has 0 fully saturated rings. The number of ether oxygens (including phenoxy) is 2. The minimum Gasteiger partial charge on any atom is -0.497 e. The number of benzene rings is 1. The third-order valence-corrected chi connectivity index (χ3v) is 2.18. The molecule has 1 rings (SSSR count). The van der Waals surface area contributed by atoms with Crippen LogP contribution in [0.1, 0.15) is 5.56 Å². The average Bonchev–Trinajstić information content (AvgIpc) is 2.34. The number of hydrogen-bond acceptors (Lipinski definition) is 6. The van der Waals surface area contributed by atoms with E-state index in [4.69, 9.17) is 14.6 Å². The van der Waals surface area contributed by atoms with E-state index < -0.39 is 11.5 Å². The molecule has 6 nitrogen and oxygen atoms in total. The Morgan fingerprint density at radius 3 is 2.47 bits per heavy atom. The second-order valence-corrected chi connectivity index (χ2v) is 3.49. The summed E-state index contributed by atoms with van der Waals surface area (Å²) in [4.78, 5) is 21.0. The van der Waals surface area contributed by atoms with Gasteiger partial charge in [-0.15, -0.1) is 0 Å². The molecular formula is C10H10O6S. The summed E-state index contributed by atoms with van der Waals surface area (Å²) in [5, 5.41) is 7.32. The van der Waals surface area contributed by atoms with E-state index in [1.54, 1.807) is 31.4 Å². The topological polar surface area (TPSA) is 82.1 Å². The van der Waals surface area contributed by atoms with Gasteiger partial charge in [0.15, 0.2) is 12.0 Å². The summed E-state index contributed by atoms with van der Waals surface area (Å²) in [5.74, 6) is 0.698. The van der Waals surface area contributed by atoms with Gasteiger partial charge in [-0.25, -0.2) is 9.59 Å². The van der Waals surface area contributed by atoms with Gasteiger partial charge >= 0.3 is 11.5 Å². The largest absolute Gasteiger partial charge is 0.518 e. The minimum absolute atomic E-state index is 0.0405. The zero-order valence-electron chi connectivity index (χ0n) is 8.91. The predicted octanol–water partition coefficient (Wildman–Crippen LogP) is 2.67. The standard InChI is InChI=1S/C10H10O6S/c1-14-8-4-2-7(3-5-8)6-15-10(13)17-16-9(11)12/h2-5H,6H2,1H3,(H,11,12). The zero-order chi connectivity index (χ0) is 12.7. The summed E-state index contributed by atoms with van der Waals surface area (Å²) in [7, 11) is 1.55. The Kier molecular flexibility index (Phi) is 5.15. The van der Waals surface area contributed by atoms with Gasteiger partial charge in [-0.1, -0.05) is 12.1 Å². The Labute approximate surface area is 102 Å². The summed E-state index contributed by atoms with van der Waals surface area (Å²) in [6, 6.07) is 6.91. The summed E-state index contributed by atoms with van der Waals surface area (Å²) < 4.78 is 13.7. The van der Waals surface area contributed by atoms with Gasteiger partial charge in [0.2, 0.25) is 0 Å². The zero-order valence-corrected chi connectivity index (χ0v) is 9.73. The smallest absolute Gasteiger partial charge is 0.497 e. The first-order valence-corrected chi connectivity index (χ1v) is 5.23. The lowest BCUT2D eigenvalue weighted by Crippen LogP contribution is -2.01. The molecule has 1 aromatic carbocycles. The average molecular weight is 258 g/mol. The monoisotopic (exact) mass is 258 g/mol. The molecule has 0 atom stereocenters. The highest BCUT2D eigenvalue weighted by atomic mass is 32.2. The van der Waals surface area contributed by atoms with E-state index >= 15 is 0 Å². The molecule has 0 heterocycles. The molecule has 0 saturated carbocycles. The third kappa shape index (κ3) is 5.12. The van der Waals surface area contributed by atoms with Crippen molar-refractivity contribution in [2.75, 3.05) is 7.11 Å². The van der Waals surface area contributed by atoms with Crippen molar-refractivity contribution >= 4 is 23.5 Å². The van der Waals surface area contributed by atoms with Gasteiger partial charge in [0.25, 0.3) is 0 Å². The SMILES string of the molecule is COc1ccc(COC(=O)SOC(=O)O)cc1. The fourth-order valence-corrected chi connectivity index (χ4v) is 1.20. The minimum atomic E-state index is -1.55. The van der Waals surface area contributed by atoms with Crippen molar-refractivity contribution in [2.24, 2.45) is 0 Å². The van der Waals surface area contributed by atoms with Crippen LogP contribution < -0.4 is 4.74 Å².